The van der Waals surface area contributed by atoms with Gasteiger partial charge >= 0.3 is 6.09 Å². The molecule has 154 valence electrons. The number of fused-ring (bicyclic) bond motifs is 1. The van der Waals surface area contributed by atoms with Crippen LogP contribution in [0.5, 0.6) is 10.8 Å². The molecule has 3 aromatic heterocycles. The Labute approximate surface area is 177 Å². The molecule has 0 fully saturated rings. The number of hydrogen-bond acceptors (Lipinski definition) is 7. The highest BCUT2D eigenvalue weighted by Gasteiger charge is 2.19. The first kappa shape index (κ1) is 19.7. The molecule has 8 nitrogen and oxygen atoms in total. The van der Waals surface area contributed by atoms with Crippen LogP contribution in [0.15, 0.2) is 60.2 Å². The van der Waals surface area contributed by atoms with Crippen LogP contribution in [0.2, 0.25) is 0 Å². The number of carbonyl (C=O) groups excluding carboxylic acids is 1. The Morgan fingerprint density at radius 2 is 2.10 bits per heavy atom. The van der Waals surface area contributed by atoms with Gasteiger partial charge in [-0.1, -0.05) is 18.2 Å². The molecule has 9 heteroatoms. The molecule has 4 aromatic rings. The fraction of sp³-hybridized carbons (Fsp3) is 0.143. The largest absolute Gasteiger partial charge is 0.496 e. The quantitative estimate of drug-likeness (QED) is 0.355. The van der Waals surface area contributed by atoms with Crippen molar-refractivity contribution in [1.82, 2.24) is 15.3 Å². The van der Waals surface area contributed by atoms with Gasteiger partial charge in [-0.25, -0.2) is 9.78 Å². The molecule has 1 amide bonds. The average molecular weight is 423 g/mol. The normalized spacial score (nSPS) is 11.8. The molecular weight excluding hydrogens is 402 g/mol. The summed E-state index contributed by atoms with van der Waals surface area (Å²) in [6.07, 6.45) is 2.94. The van der Waals surface area contributed by atoms with Crippen LogP contribution in [0.4, 0.5) is 16.2 Å². The standard InChI is InChI=1S/C21H21N5O3S/c1-28-18-5-3-2-4-13(18)17(12-22)26-21(27)29-20-16(8-11-30-20)25-15-7-10-24-19-14(15)6-9-23-19/h2-11,17H,12,22H2,1H3,(H,26,27)(H2,23,24,25). The summed E-state index contributed by atoms with van der Waals surface area (Å²) in [6.45, 7) is 0.202. The van der Waals surface area contributed by atoms with Gasteiger partial charge in [-0.2, -0.15) is 0 Å². The number of amides is 1. The molecule has 4 rings (SSSR count). The predicted octanol–water partition coefficient (Wildman–Crippen LogP) is 4.17. The first-order chi connectivity index (χ1) is 14.7. The maximum atomic E-state index is 12.6. The van der Waals surface area contributed by atoms with Crippen molar-refractivity contribution in [3.63, 3.8) is 0 Å². The maximum absolute atomic E-state index is 12.6. The van der Waals surface area contributed by atoms with Gasteiger partial charge in [0.2, 0.25) is 5.06 Å². The third-order valence-corrected chi connectivity index (χ3v) is 5.38. The van der Waals surface area contributed by atoms with E-state index < -0.39 is 12.1 Å². The van der Waals surface area contributed by atoms with Crippen molar-refractivity contribution in [3.8, 4) is 10.8 Å². The van der Waals surface area contributed by atoms with Gasteiger partial charge < -0.3 is 30.8 Å². The molecule has 0 bridgehead atoms. The first-order valence-electron chi connectivity index (χ1n) is 9.27. The highest BCUT2D eigenvalue weighted by Crippen LogP contribution is 2.35. The lowest BCUT2D eigenvalue weighted by Gasteiger charge is -2.19. The minimum atomic E-state index is -0.594. The number of H-pyrrole nitrogens is 1. The van der Waals surface area contributed by atoms with Gasteiger partial charge in [0.05, 0.1) is 24.5 Å². The SMILES string of the molecule is COc1ccccc1C(CN)NC(=O)Oc1sccc1Nc1ccnc2[nH]ccc12. The second-order valence-electron chi connectivity index (χ2n) is 6.41. The second-order valence-corrected chi connectivity index (χ2v) is 7.29. The number of anilines is 2. The molecular formula is C21H21N5O3S. The zero-order valence-corrected chi connectivity index (χ0v) is 17.0. The Balaban J connectivity index is 1.48. The number of nitrogens with one attached hydrogen (secondary N) is 3. The summed E-state index contributed by atoms with van der Waals surface area (Å²) in [5.41, 5.74) is 8.99. The molecule has 30 heavy (non-hydrogen) atoms. The molecule has 0 aliphatic carbocycles. The zero-order valence-electron chi connectivity index (χ0n) is 16.2. The number of methoxy groups -OCH3 is 1. The van der Waals surface area contributed by atoms with Gasteiger partial charge in [0, 0.05) is 29.9 Å². The predicted molar refractivity (Wildman–Crippen MR) is 118 cm³/mol. The number of benzene rings is 1. The Morgan fingerprint density at radius 3 is 2.93 bits per heavy atom. The summed E-state index contributed by atoms with van der Waals surface area (Å²) < 4.78 is 10.9. The van der Waals surface area contributed by atoms with Gasteiger partial charge in [-0.3, -0.25) is 0 Å². The third-order valence-electron chi connectivity index (χ3n) is 4.59. The zero-order chi connectivity index (χ0) is 20.9. The summed E-state index contributed by atoms with van der Waals surface area (Å²) in [7, 11) is 1.58. The first-order valence-corrected chi connectivity index (χ1v) is 10.2. The van der Waals surface area contributed by atoms with E-state index in [1.165, 1.54) is 11.3 Å². The van der Waals surface area contributed by atoms with Crippen LogP contribution in [0, 0.1) is 0 Å². The topological polar surface area (TPSA) is 114 Å². The van der Waals surface area contributed by atoms with Gasteiger partial charge in [0.25, 0.3) is 0 Å². The fourth-order valence-corrected chi connectivity index (χ4v) is 3.85. The lowest BCUT2D eigenvalue weighted by molar-refractivity contribution is 0.197. The number of carbonyl (C=O) groups is 1. The second kappa shape index (κ2) is 8.85. The van der Waals surface area contributed by atoms with E-state index in [0.717, 1.165) is 22.3 Å². The number of aromatic amines is 1. The van der Waals surface area contributed by atoms with Crippen molar-refractivity contribution in [2.45, 2.75) is 6.04 Å². The van der Waals surface area contributed by atoms with Gasteiger partial charge in [-0.15, -0.1) is 11.3 Å². The molecule has 0 aliphatic rings. The molecule has 0 saturated heterocycles. The van der Waals surface area contributed by atoms with Crippen LogP contribution < -0.4 is 25.8 Å². The van der Waals surface area contributed by atoms with E-state index in [4.69, 9.17) is 15.2 Å². The summed E-state index contributed by atoms with van der Waals surface area (Å²) in [6, 6.07) is 12.6. The van der Waals surface area contributed by atoms with Crippen molar-refractivity contribution in [2.75, 3.05) is 19.0 Å². The van der Waals surface area contributed by atoms with E-state index in [1.807, 2.05) is 54.0 Å². The van der Waals surface area contributed by atoms with Crippen LogP contribution in [0.3, 0.4) is 0 Å². The Bertz CT molecular complexity index is 1160. The maximum Gasteiger partial charge on any atom is 0.414 e. The van der Waals surface area contributed by atoms with Gasteiger partial charge in [0.1, 0.15) is 11.4 Å². The summed E-state index contributed by atoms with van der Waals surface area (Å²) in [5.74, 6) is 0.653. The molecule has 0 aliphatic heterocycles. The molecule has 0 saturated carbocycles. The minimum Gasteiger partial charge on any atom is -0.496 e. The number of aromatic nitrogens is 2. The summed E-state index contributed by atoms with van der Waals surface area (Å²) in [5, 5.41) is 9.35. The van der Waals surface area contributed by atoms with Crippen molar-refractivity contribution in [3.05, 3.63) is 65.8 Å². The van der Waals surface area contributed by atoms with E-state index in [9.17, 15) is 4.79 Å². The number of thiophene rings is 1. The van der Waals surface area contributed by atoms with Crippen molar-refractivity contribution in [2.24, 2.45) is 5.73 Å². The molecule has 0 spiro atoms. The Morgan fingerprint density at radius 1 is 1.23 bits per heavy atom. The van der Waals surface area contributed by atoms with E-state index in [1.54, 1.807) is 13.3 Å². The van der Waals surface area contributed by atoms with Crippen LogP contribution in [0.1, 0.15) is 11.6 Å². The van der Waals surface area contributed by atoms with Crippen molar-refractivity contribution >= 4 is 39.8 Å². The molecule has 0 radical (unpaired) electrons. The molecule has 5 N–H and O–H groups in total. The van der Waals surface area contributed by atoms with E-state index in [2.05, 4.69) is 20.6 Å². The molecule has 1 atom stereocenters. The number of hydrogen-bond donors (Lipinski definition) is 4. The lowest BCUT2D eigenvalue weighted by atomic mass is 10.1. The Hall–Kier alpha value is -3.56. The third kappa shape index (κ3) is 4.07. The number of para-hydroxylation sites is 1. The van der Waals surface area contributed by atoms with Crippen molar-refractivity contribution < 1.29 is 14.3 Å². The Kier molecular flexibility index (Phi) is 5.82. The van der Waals surface area contributed by atoms with Crippen LogP contribution in [0.25, 0.3) is 11.0 Å². The molecule has 3 heterocycles. The monoisotopic (exact) mass is 423 g/mol. The van der Waals surface area contributed by atoms with Crippen LogP contribution >= 0.6 is 11.3 Å². The van der Waals surface area contributed by atoms with E-state index >= 15 is 0 Å². The van der Waals surface area contributed by atoms with Gasteiger partial charge in [0.15, 0.2) is 0 Å². The van der Waals surface area contributed by atoms with E-state index in [0.29, 0.717) is 16.5 Å². The summed E-state index contributed by atoms with van der Waals surface area (Å²) in [4.78, 5) is 19.9. The van der Waals surface area contributed by atoms with Crippen LogP contribution in [-0.4, -0.2) is 29.7 Å². The number of ether oxygens (including phenoxy) is 2. The molecule has 1 aromatic carbocycles. The number of nitrogens with two attached hydrogens (primary N) is 1. The lowest BCUT2D eigenvalue weighted by Crippen LogP contribution is -2.35. The van der Waals surface area contributed by atoms with Gasteiger partial charge in [-0.05, 0) is 29.6 Å². The van der Waals surface area contributed by atoms with Crippen LogP contribution in [-0.2, 0) is 0 Å². The number of pyridine rings is 1. The number of rotatable bonds is 7. The highest BCUT2D eigenvalue weighted by atomic mass is 32.1. The highest BCUT2D eigenvalue weighted by molar-refractivity contribution is 7.12. The fourth-order valence-electron chi connectivity index (χ4n) is 3.16. The van der Waals surface area contributed by atoms with E-state index in [-0.39, 0.29) is 6.54 Å². The minimum absolute atomic E-state index is 0.202. The molecule has 1 unspecified atom stereocenters. The number of nitrogens with zero attached hydrogens (tertiary/aromatic N) is 1. The van der Waals surface area contributed by atoms with Crippen molar-refractivity contribution in [1.29, 1.82) is 0 Å². The summed E-state index contributed by atoms with van der Waals surface area (Å²) >= 11 is 1.32. The average Bonchev–Trinajstić information content (AvgIpc) is 3.42. The smallest absolute Gasteiger partial charge is 0.414 e.